The Hall–Kier alpha value is -5.18. The second-order valence-corrected chi connectivity index (χ2v) is 11.8. The van der Waals surface area contributed by atoms with E-state index in [-0.39, 0.29) is 6.61 Å². The molecule has 212 valence electrons. The lowest BCUT2D eigenvalue weighted by Gasteiger charge is -2.16. The van der Waals surface area contributed by atoms with E-state index in [0.717, 1.165) is 17.7 Å². The van der Waals surface area contributed by atoms with E-state index in [1.54, 1.807) is 0 Å². The van der Waals surface area contributed by atoms with E-state index < -0.39 is 0 Å². The zero-order valence-electron chi connectivity index (χ0n) is 24.7. The zero-order chi connectivity index (χ0) is 29.6. The summed E-state index contributed by atoms with van der Waals surface area (Å²) in [6.45, 7) is 2.37. The zero-order valence-corrected chi connectivity index (χ0v) is 24.7. The number of aliphatic hydroxyl groups excluding tert-OH is 1. The molecule has 0 atom stereocenters. The maximum Gasteiger partial charge on any atom is 0.122 e. The van der Waals surface area contributed by atoms with Crippen LogP contribution in [0.2, 0.25) is 0 Å². The molecule has 1 aliphatic carbocycles. The van der Waals surface area contributed by atoms with Crippen LogP contribution in [0.3, 0.4) is 0 Å². The molecule has 7 aromatic rings. The molecular weight excluding hydrogens is 536 g/mol. The molecule has 0 unspecified atom stereocenters. The third-order valence-electron chi connectivity index (χ3n) is 9.02. The number of rotatable bonds is 6. The van der Waals surface area contributed by atoms with Gasteiger partial charge in [0, 0.05) is 0 Å². The van der Waals surface area contributed by atoms with Crippen LogP contribution in [0.15, 0.2) is 133 Å². The van der Waals surface area contributed by atoms with Crippen LogP contribution in [-0.2, 0) is 6.42 Å². The second-order valence-electron chi connectivity index (χ2n) is 11.8. The minimum atomic E-state index is 0.00194. The minimum absolute atomic E-state index is 0.00194. The lowest BCUT2D eigenvalue weighted by atomic mass is 9.89. The Kier molecular flexibility index (Phi) is 6.51. The molecule has 0 heterocycles. The summed E-state index contributed by atoms with van der Waals surface area (Å²) < 4.78 is 5.79. The molecule has 0 radical (unpaired) electrons. The highest BCUT2D eigenvalue weighted by Crippen LogP contribution is 2.46. The molecule has 7 aromatic carbocycles. The lowest BCUT2D eigenvalue weighted by molar-refractivity contribution is 0.200. The third-order valence-corrected chi connectivity index (χ3v) is 9.02. The minimum Gasteiger partial charge on any atom is -0.491 e. The van der Waals surface area contributed by atoms with Crippen LogP contribution in [0.1, 0.15) is 16.7 Å². The van der Waals surface area contributed by atoms with Gasteiger partial charge in [-0.1, -0.05) is 91.0 Å². The van der Waals surface area contributed by atoms with Crippen molar-refractivity contribution in [2.45, 2.75) is 13.3 Å². The van der Waals surface area contributed by atoms with Crippen molar-refractivity contribution in [2.24, 2.45) is 0 Å². The van der Waals surface area contributed by atoms with Crippen molar-refractivity contribution < 1.29 is 9.84 Å². The molecular formula is C42H32O2. The summed E-state index contributed by atoms with van der Waals surface area (Å²) in [4.78, 5) is 0. The highest BCUT2D eigenvalue weighted by Gasteiger charge is 2.24. The molecule has 1 N–H and O–H groups in total. The first-order valence-electron chi connectivity index (χ1n) is 15.3. The maximum absolute atomic E-state index is 9.26. The summed E-state index contributed by atoms with van der Waals surface area (Å²) in [7, 11) is 0. The van der Waals surface area contributed by atoms with Gasteiger partial charge in [0.25, 0.3) is 0 Å². The predicted octanol–water partition coefficient (Wildman–Crippen LogP) is 10.2. The first kappa shape index (κ1) is 26.4. The van der Waals surface area contributed by atoms with Crippen LogP contribution >= 0.6 is 0 Å². The standard InChI is InChI=1S/C42H32O2/c1-27-20-35(16-17-42(27)44-19-18-43)39-25-37(33-13-11-29-7-3-5-9-31(29)22-33)26-41-38-23-34(14-15-36(38)24-40(39)41)32-12-10-28-6-2-4-8-30(28)21-32/h2-17,20-23,25-26,43H,18-19,24H2,1H3. The van der Waals surface area contributed by atoms with Gasteiger partial charge in [0.05, 0.1) is 6.61 Å². The normalized spacial score (nSPS) is 12.0. The van der Waals surface area contributed by atoms with Gasteiger partial charge in [0.15, 0.2) is 0 Å². The van der Waals surface area contributed by atoms with Crippen molar-refractivity contribution in [1.82, 2.24) is 0 Å². The molecule has 0 aliphatic heterocycles. The molecule has 2 heteroatoms. The van der Waals surface area contributed by atoms with Crippen molar-refractivity contribution >= 4 is 21.5 Å². The number of ether oxygens (including phenoxy) is 1. The highest BCUT2D eigenvalue weighted by atomic mass is 16.5. The lowest BCUT2D eigenvalue weighted by Crippen LogP contribution is -2.02. The van der Waals surface area contributed by atoms with Crippen molar-refractivity contribution in [2.75, 3.05) is 13.2 Å². The molecule has 0 fully saturated rings. The van der Waals surface area contributed by atoms with Crippen LogP contribution in [0.25, 0.3) is 66.1 Å². The number of hydrogen-bond donors (Lipinski definition) is 1. The van der Waals surface area contributed by atoms with Gasteiger partial charge in [-0.3, -0.25) is 0 Å². The summed E-state index contributed by atoms with van der Waals surface area (Å²) in [5, 5.41) is 14.3. The molecule has 0 spiro atoms. The van der Waals surface area contributed by atoms with Gasteiger partial charge in [-0.25, -0.2) is 0 Å². The fourth-order valence-electron chi connectivity index (χ4n) is 6.75. The molecule has 8 rings (SSSR count). The van der Waals surface area contributed by atoms with E-state index in [1.807, 2.05) is 6.07 Å². The van der Waals surface area contributed by atoms with Crippen molar-refractivity contribution in [3.05, 3.63) is 150 Å². The van der Waals surface area contributed by atoms with E-state index in [9.17, 15) is 5.11 Å². The van der Waals surface area contributed by atoms with E-state index in [4.69, 9.17) is 4.74 Å². The van der Waals surface area contributed by atoms with Gasteiger partial charge in [0.1, 0.15) is 12.4 Å². The summed E-state index contributed by atoms with van der Waals surface area (Å²) in [5.41, 5.74) is 13.8. The van der Waals surface area contributed by atoms with Gasteiger partial charge in [-0.15, -0.1) is 0 Å². The van der Waals surface area contributed by atoms with Crippen LogP contribution in [-0.4, -0.2) is 18.3 Å². The molecule has 0 saturated carbocycles. The largest absolute Gasteiger partial charge is 0.491 e. The Morgan fingerprint density at radius 1 is 0.523 bits per heavy atom. The number of aryl methyl sites for hydroxylation is 1. The molecule has 44 heavy (non-hydrogen) atoms. The van der Waals surface area contributed by atoms with Gasteiger partial charge in [-0.2, -0.15) is 0 Å². The van der Waals surface area contributed by atoms with Crippen LogP contribution in [0.4, 0.5) is 0 Å². The second kappa shape index (κ2) is 10.8. The molecule has 0 bridgehead atoms. The number of fused-ring (bicyclic) bond motifs is 5. The molecule has 1 aliphatic rings. The first-order chi connectivity index (χ1) is 21.6. The van der Waals surface area contributed by atoms with E-state index in [0.29, 0.717) is 6.61 Å². The smallest absolute Gasteiger partial charge is 0.122 e. The van der Waals surface area contributed by atoms with Gasteiger partial charge in [0.2, 0.25) is 0 Å². The summed E-state index contributed by atoms with van der Waals surface area (Å²) >= 11 is 0. The van der Waals surface area contributed by atoms with Gasteiger partial charge < -0.3 is 9.84 Å². The molecule has 0 saturated heterocycles. The first-order valence-corrected chi connectivity index (χ1v) is 15.3. The average molecular weight is 569 g/mol. The number of aliphatic hydroxyl groups is 1. The Morgan fingerprint density at radius 2 is 1.09 bits per heavy atom. The summed E-state index contributed by atoms with van der Waals surface area (Å²) in [5.74, 6) is 0.813. The predicted molar refractivity (Wildman–Crippen MR) is 183 cm³/mol. The van der Waals surface area contributed by atoms with E-state index in [1.165, 1.54) is 77.2 Å². The Labute approximate surface area is 257 Å². The number of benzene rings is 7. The molecule has 0 amide bonds. The van der Waals surface area contributed by atoms with Crippen LogP contribution in [0.5, 0.6) is 5.75 Å². The summed E-state index contributed by atoms with van der Waals surface area (Å²) in [6, 6.07) is 48.8. The van der Waals surface area contributed by atoms with E-state index >= 15 is 0 Å². The number of hydrogen-bond acceptors (Lipinski definition) is 2. The Bertz CT molecular complexity index is 2210. The molecule has 2 nitrogen and oxygen atoms in total. The van der Waals surface area contributed by atoms with Gasteiger partial charge in [-0.05, 0) is 139 Å². The fourth-order valence-corrected chi connectivity index (χ4v) is 6.75. The highest BCUT2D eigenvalue weighted by molar-refractivity contribution is 5.94. The topological polar surface area (TPSA) is 29.5 Å². The van der Waals surface area contributed by atoms with Crippen LogP contribution in [0, 0.1) is 6.92 Å². The maximum atomic E-state index is 9.26. The van der Waals surface area contributed by atoms with Crippen molar-refractivity contribution in [3.8, 4) is 50.3 Å². The Balaban J connectivity index is 1.30. The quantitative estimate of drug-likeness (QED) is 0.216. The average Bonchev–Trinajstić information content (AvgIpc) is 3.45. The SMILES string of the molecule is Cc1cc(-c2cc(-c3ccc4ccccc4c3)cc3c2Cc2ccc(-c4ccc5ccccc5c4)cc2-3)ccc1OCCO. The van der Waals surface area contributed by atoms with Crippen LogP contribution < -0.4 is 4.74 Å². The Morgan fingerprint density at radius 3 is 1.77 bits per heavy atom. The van der Waals surface area contributed by atoms with Crippen molar-refractivity contribution in [3.63, 3.8) is 0 Å². The third kappa shape index (κ3) is 4.65. The fraction of sp³-hybridized carbons (Fsp3) is 0.0952. The van der Waals surface area contributed by atoms with Crippen molar-refractivity contribution in [1.29, 1.82) is 0 Å². The molecule has 0 aromatic heterocycles. The van der Waals surface area contributed by atoms with E-state index in [2.05, 4.69) is 134 Å². The van der Waals surface area contributed by atoms with Gasteiger partial charge >= 0.3 is 0 Å². The summed E-state index contributed by atoms with van der Waals surface area (Å²) in [6.07, 6.45) is 0.901. The monoisotopic (exact) mass is 568 g/mol.